The van der Waals surface area contributed by atoms with Crippen LogP contribution in [0.15, 0.2) is 28.9 Å². The molecule has 16 heavy (non-hydrogen) atoms. The molecule has 0 aliphatic rings. The zero-order valence-electron chi connectivity index (χ0n) is 9.34. The summed E-state index contributed by atoms with van der Waals surface area (Å²) < 4.78 is 5.48. The maximum absolute atomic E-state index is 5.73. The summed E-state index contributed by atoms with van der Waals surface area (Å²) >= 11 is 0. The van der Waals surface area contributed by atoms with Crippen LogP contribution in [0.5, 0.6) is 0 Å². The third-order valence-electron chi connectivity index (χ3n) is 2.26. The van der Waals surface area contributed by atoms with Gasteiger partial charge >= 0.3 is 0 Å². The van der Waals surface area contributed by atoms with E-state index in [0.29, 0.717) is 18.2 Å². The minimum absolute atomic E-state index is 0.424. The third kappa shape index (κ3) is 2.13. The SMILES string of the molecule is Cc1ccc(CN(C)c2nccnc2N)o1. The molecule has 0 aliphatic heterocycles. The first-order valence-electron chi connectivity index (χ1n) is 5.00. The molecular formula is C11H14N4O. The molecule has 0 amide bonds. The number of rotatable bonds is 3. The van der Waals surface area contributed by atoms with E-state index in [-0.39, 0.29) is 0 Å². The van der Waals surface area contributed by atoms with Crippen LogP contribution < -0.4 is 10.6 Å². The van der Waals surface area contributed by atoms with Crippen molar-refractivity contribution in [1.82, 2.24) is 9.97 Å². The van der Waals surface area contributed by atoms with Gasteiger partial charge in [0.15, 0.2) is 11.6 Å². The smallest absolute Gasteiger partial charge is 0.171 e. The van der Waals surface area contributed by atoms with Crippen molar-refractivity contribution in [3.63, 3.8) is 0 Å². The largest absolute Gasteiger partial charge is 0.464 e. The molecule has 2 aromatic heterocycles. The zero-order chi connectivity index (χ0) is 11.5. The minimum Gasteiger partial charge on any atom is -0.464 e. The number of anilines is 2. The lowest BCUT2D eigenvalue weighted by atomic mass is 10.4. The van der Waals surface area contributed by atoms with Crippen LogP contribution in [0.3, 0.4) is 0 Å². The molecule has 0 radical (unpaired) electrons. The molecule has 0 aliphatic carbocycles. The van der Waals surface area contributed by atoms with Crippen molar-refractivity contribution >= 4 is 11.6 Å². The highest BCUT2D eigenvalue weighted by Gasteiger charge is 2.09. The van der Waals surface area contributed by atoms with Gasteiger partial charge in [0.1, 0.15) is 11.5 Å². The van der Waals surface area contributed by atoms with Gasteiger partial charge in [0.2, 0.25) is 0 Å². The first-order valence-corrected chi connectivity index (χ1v) is 5.00. The predicted octanol–water partition coefficient (Wildman–Crippen LogP) is 1.60. The average molecular weight is 218 g/mol. The van der Waals surface area contributed by atoms with E-state index < -0.39 is 0 Å². The van der Waals surface area contributed by atoms with E-state index in [0.717, 1.165) is 11.5 Å². The second-order valence-corrected chi connectivity index (χ2v) is 3.63. The summed E-state index contributed by atoms with van der Waals surface area (Å²) in [5, 5.41) is 0. The molecule has 2 N–H and O–H groups in total. The van der Waals surface area contributed by atoms with Crippen molar-refractivity contribution in [2.24, 2.45) is 0 Å². The quantitative estimate of drug-likeness (QED) is 0.847. The van der Waals surface area contributed by atoms with Crippen molar-refractivity contribution < 1.29 is 4.42 Å². The summed E-state index contributed by atoms with van der Waals surface area (Å²) in [4.78, 5) is 10.1. The second-order valence-electron chi connectivity index (χ2n) is 3.63. The zero-order valence-corrected chi connectivity index (χ0v) is 9.34. The maximum Gasteiger partial charge on any atom is 0.171 e. The number of furan rings is 1. The van der Waals surface area contributed by atoms with Gasteiger partial charge < -0.3 is 15.1 Å². The Labute approximate surface area is 93.9 Å². The topological polar surface area (TPSA) is 68.2 Å². The number of nitrogens with zero attached hydrogens (tertiary/aromatic N) is 3. The van der Waals surface area contributed by atoms with Gasteiger partial charge in [-0.3, -0.25) is 0 Å². The molecule has 0 spiro atoms. The highest BCUT2D eigenvalue weighted by atomic mass is 16.3. The summed E-state index contributed by atoms with van der Waals surface area (Å²) in [5.41, 5.74) is 5.73. The Balaban J connectivity index is 2.14. The second kappa shape index (κ2) is 4.22. The van der Waals surface area contributed by atoms with Crippen LogP contribution in [0, 0.1) is 6.92 Å². The highest BCUT2D eigenvalue weighted by Crippen LogP contribution is 2.18. The molecule has 84 valence electrons. The Morgan fingerprint density at radius 1 is 1.31 bits per heavy atom. The summed E-state index contributed by atoms with van der Waals surface area (Å²) in [7, 11) is 1.90. The molecule has 0 fully saturated rings. The van der Waals surface area contributed by atoms with E-state index in [2.05, 4.69) is 9.97 Å². The van der Waals surface area contributed by atoms with Crippen molar-refractivity contribution in [1.29, 1.82) is 0 Å². The van der Waals surface area contributed by atoms with Crippen LogP contribution in [0.4, 0.5) is 11.6 Å². The number of hydrogen-bond acceptors (Lipinski definition) is 5. The van der Waals surface area contributed by atoms with Crippen LogP contribution in [-0.2, 0) is 6.54 Å². The van der Waals surface area contributed by atoms with Crippen LogP contribution in [0.2, 0.25) is 0 Å². The van der Waals surface area contributed by atoms with E-state index in [4.69, 9.17) is 10.2 Å². The normalized spacial score (nSPS) is 10.4. The van der Waals surface area contributed by atoms with Gasteiger partial charge in [0.05, 0.1) is 6.54 Å². The van der Waals surface area contributed by atoms with Crippen LogP contribution >= 0.6 is 0 Å². The Hall–Kier alpha value is -2.04. The lowest BCUT2D eigenvalue weighted by Gasteiger charge is -2.17. The first kappa shape index (κ1) is 10.5. The third-order valence-corrected chi connectivity index (χ3v) is 2.26. The Morgan fingerprint density at radius 2 is 2.06 bits per heavy atom. The molecular weight excluding hydrogens is 204 g/mol. The fourth-order valence-corrected chi connectivity index (χ4v) is 1.51. The number of nitrogens with two attached hydrogens (primary N) is 1. The fraction of sp³-hybridized carbons (Fsp3) is 0.273. The van der Waals surface area contributed by atoms with E-state index in [1.807, 2.05) is 31.0 Å². The highest BCUT2D eigenvalue weighted by molar-refractivity contribution is 5.56. The van der Waals surface area contributed by atoms with Gasteiger partial charge in [0.25, 0.3) is 0 Å². The Kier molecular flexibility index (Phi) is 2.76. The molecule has 5 heteroatoms. The monoisotopic (exact) mass is 218 g/mol. The molecule has 0 atom stereocenters. The van der Waals surface area contributed by atoms with E-state index >= 15 is 0 Å². The summed E-state index contributed by atoms with van der Waals surface area (Å²) in [6.07, 6.45) is 3.19. The van der Waals surface area contributed by atoms with Crippen LogP contribution in [0.25, 0.3) is 0 Å². The molecule has 0 saturated carbocycles. The van der Waals surface area contributed by atoms with Gasteiger partial charge in [-0.15, -0.1) is 0 Å². The van der Waals surface area contributed by atoms with E-state index in [1.165, 1.54) is 0 Å². The van der Waals surface area contributed by atoms with Gasteiger partial charge in [-0.2, -0.15) is 0 Å². The van der Waals surface area contributed by atoms with Gasteiger partial charge in [0, 0.05) is 19.4 Å². The molecule has 0 unspecified atom stereocenters. The van der Waals surface area contributed by atoms with Crippen molar-refractivity contribution in [3.05, 3.63) is 36.0 Å². The number of nitrogen functional groups attached to an aromatic ring is 1. The number of aromatic nitrogens is 2. The lowest BCUT2D eigenvalue weighted by Crippen LogP contribution is -2.19. The first-order chi connectivity index (χ1) is 7.66. The molecule has 0 saturated heterocycles. The van der Waals surface area contributed by atoms with Gasteiger partial charge in [-0.1, -0.05) is 0 Å². The number of aryl methyl sites for hydroxylation is 1. The molecule has 2 heterocycles. The Morgan fingerprint density at radius 3 is 2.69 bits per heavy atom. The van der Waals surface area contributed by atoms with E-state index in [9.17, 15) is 0 Å². The van der Waals surface area contributed by atoms with Crippen molar-refractivity contribution in [2.75, 3.05) is 17.7 Å². The average Bonchev–Trinajstić information content (AvgIpc) is 2.64. The van der Waals surface area contributed by atoms with Crippen LogP contribution in [-0.4, -0.2) is 17.0 Å². The fourth-order valence-electron chi connectivity index (χ4n) is 1.51. The molecule has 2 aromatic rings. The predicted molar refractivity (Wildman–Crippen MR) is 62.0 cm³/mol. The number of hydrogen-bond donors (Lipinski definition) is 1. The minimum atomic E-state index is 0.424. The van der Waals surface area contributed by atoms with Gasteiger partial charge in [-0.25, -0.2) is 9.97 Å². The van der Waals surface area contributed by atoms with Crippen molar-refractivity contribution in [3.8, 4) is 0 Å². The molecule has 5 nitrogen and oxygen atoms in total. The summed E-state index contributed by atoms with van der Waals surface area (Å²) in [6, 6.07) is 3.88. The summed E-state index contributed by atoms with van der Waals surface area (Å²) in [5.74, 6) is 2.87. The molecule has 0 bridgehead atoms. The van der Waals surface area contributed by atoms with Crippen molar-refractivity contribution in [2.45, 2.75) is 13.5 Å². The standard InChI is InChI=1S/C11H14N4O/c1-8-3-4-9(16-8)7-15(2)11-10(12)13-5-6-14-11/h3-6H,7H2,1-2H3,(H2,12,13). The summed E-state index contributed by atoms with van der Waals surface area (Å²) in [6.45, 7) is 2.54. The van der Waals surface area contributed by atoms with Gasteiger partial charge in [-0.05, 0) is 19.1 Å². The van der Waals surface area contributed by atoms with E-state index in [1.54, 1.807) is 12.4 Å². The maximum atomic E-state index is 5.73. The molecule has 2 rings (SSSR count). The Bertz CT molecular complexity index is 480. The van der Waals surface area contributed by atoms with Crippen LogP contribution in [0.1, 0.15) is 11.5 Å². The molecule has 0 aromatic carbocycles. The lowest BCUT2D eigenvalue weighted by molar-refractivity contribution is 0.481.